The molecule has 0 fully saturated rings. The van der Waals surface area contributed by atoms with E-state index in [2.05, 4.69) is 0 Å². The van der Waals surface area contributed by atoms with Crippen molar-refractivity contribution in [1.82, 2.24) is 0 Å². The van der Waals surface area contributed by atoms with E-state index in [9.17, 15) is 5.11 Å². The summed E-state index contributed by atoms with van der Waals surface area (Å²) in [7, 11) is 3.57. The average molecular weight is 436 g/mol. The predicted octanol–water partition coefficient (Wildman–Crippen LogP) is 0.691. The Morgan fingerprint density at radius 2 is 2.00 bits per heavy atom. The van der Waals surface area contributed by atoms with Crippen LogP contribution in [0.4, 0.5) is 0 Å². The van der Waals surface area contributed by atoms with Gasteiger partial charge >= 0.3 is 0 Å². The summed E-state index contributed by atoms with van der Waals surface area (Å²) in [6.45, 7) is 0. The van der Waals surface area contributed by atoms with Gasteiger partial charge in [-0.05, 0) is 12.2 Å². The van der Waals surface area contributed by atoms with Gasteiger partial charge in [-0.15, -0.1) is 0 Å². The van der Waals surface area contributed by atoms with Gasteiger partial charge in [-0.2, -0.15) is 0 Å². The Hall–Kier alpha value is 0.907. The molecule has 74 valence electrons. The van der Waals surface area contributed by atoms with Crippen LogP contribution < -0.4 is 0 Å². The van der Waals surface area contributed by atoms with E-state index in [0.717, 1.165) is 0 Å². The summed E-state index contributed by atoms with van der Waals surface area (Å²) >= 11 is 0. The van der Waals surface area contributed by atoms with E-state index in [0.29, 0.717) is 6.42 Å². The number of hydrogen-bond acceptors (Lipinski definition) is 3. The molecule has 1 aliphatic carbocycles. The van der Waals surface area contributed by atoms with Gasteiger partial charge in [-0.3, -0.25) is 0 Å². The average Bonchev–Trinajstić information content (AvgIpc) is 2.02. The van der Waals surface area contributed by atoms with Crippen molar-refractivity contribution >= 4 is 16.2 Å². The minimum atomic E-state index is -2.01. The topological polar surface area (TPSA) is 60.7 Å². The Labute approximate surface area is 110 Å². The van der Waals surface area contributed by atoms with Crippen LogP contribution in [0.3, 0.4) is 0 Å². The van der Waals surface area contributed by atoms with Crippen molar-refractivity contribution in [3.63, 3.8) is 0 Å². The molecule has 1 aliphatic rings. The Kier molecular flexibility index (Phi) is 7.69. The number of rotatable bonds is 2. The Morgan fingerprint density at radius 1 is 1.36 bits per heavy atom. The number of aliphatic hydroxyl groups is 1. The summed E-state index contributed by atoms with van der Waals surface area (Å²) in [5, 5.41) is 9.51. The molecule has 0 heterocycles. The van der Waals surface area contributed by atoms with Gasteiger partial charge in [-0.1, -0.05) is 24.0 Å². The van der Waals surface area contributed by atoms with Gasteiger partial charge < -0.3 is 14.9 Å². The summed E-state index contributed by atoms with van der Waals surface area (Å²) in [4.78, 5) is 17.2. The molecular weight excluding hydrogens is 424 g/mol. The third kappa shape index (κ3) is 5.12. The maximum atomic E-state index is 9.51. The first kappa shape index (κ1) is 14.9. The van der Waals surface area contributed by atoms with E-state index in [-0.39, 0.29) is 42.8 Å². The van der Waals surface area contributed by atoms with Crippen LogP contribution >= 0.6 is 8.38 Å². The maximum absolute atomic E-state index is 9.51. The SMILES string of the molecule is [B]C1C=CC(/C=C/P(O)O)C(O)C1.[U]. The molecule has 0 saturated carbocycles. The van der Waals surface area contributed by atoms with E-state index < -0.39 is 14.5 Å². The van der Waals surface area contributed by atoms with Crippen LogP contribution in [0.25, 0.3) is 0 Å². The smallest absolute Gasteiger partial charge is 0.191 e. The molecule has 0 amide bonds. The number of hydrogen-bond donors (Lipinski definition) is 3. The number of aliphatic hydroxyl groups excluding tert-OH is 1. The van der Waals surface area contributed by atoms with Gasteiger partial charge in [0.25, 0.3) is 0 Å². The summed E-state index contributed by atoms with van der Waals surface area (Å²) in [5.74, 6) is 1.05. The molecule has 14 heavy (non-hydrogen) atoms. The van der Waals surface area contributed by atoms with Gasteiger partial charge in [0, 0.05) is 37.0 Å². The molecule has 0 bridgehead atoms. The zero-order chi connectivity index (χ0) is 9.84. The van der Waals surface area contributed by atoms with Crippen LogP contribution in [0.1, 0.15) is 6.42 Å². The second kappa shape index (κ2) is 7.22. The molecular formula is C8H12BO3PU. The van der Waals surface area contributed by atoms with Crippen molar-refractivity contribution in [3.8, 4) is 0 Å². The monoisotopic (exact) mass is 436 g/mol. The van der Waals surface area contributed by atoms with Crippen molar-refractivity contribution in [3.05, 3.63) is 24.0 Å². The minimum Gasteiger partial charge on any atom is -0.392 e. The summed E-state index contributed by atoms with van der Waals surface area (Å²) < 4.78 is 0. The van der Waals surface area contributed by atoms with Crippen LogP contribution in [0.2, 0.25) is 5.82 Å². The van der Waals surface area contributed by atoms with Crippen LogP contribution in [0.5, 0.6) is 0 Å². The van der Waals surface area contributed by atoms with Crippen molar-refractivity contribution in [2.75, 3.05) is 0 Å². The standard InChI is InChI=1S/C8H12BO3P.U/c9-7-2-1-6(8(10)5-7)3-4-13(11)12;/h1-4,6-8,10-12H,5H2;/b4-3+;. The Balaban J connectivity index is 0.00000169. The van der Waals surface area contributed by atoms with Crippen molar-refractivity contribution in [2.24, 2.45) is 5.92 Å². The largest absolute Gasteiger partial charge is 0.392 e. The molecule has 3 atom stereocenters. The first-order valence-corrected chi connectivity index (χ1v) is 5.38. The van der Waals surface area contributed by atoms with E-state index in [1.54, 1.807) is 12.2 Å². The molecule has 3 nitrogen and oxygen atoms in total. The molecule has 0 aromatic rings. The Morgan fingerprint density at radius 3 is 2.50 bits per heavy atom. The number of allylic oxidation sites excluding steroid dienone is 1. The van der Waals surface area contributed by atoms with E-state index in [1.807, 2.05) is 6.08 Å². The fourth-order valence-corrected chi connectivity index (χ4v) is 1.64. The molecule has 0 aromatic carbocycles. The van der Waals surface area contributed by atoms with Crippen LogP contribution in [0, 0.1) is 37.0 Å². The summed E-state index contributed by atoms with van der Waals surface area (Å²) in [6.07, 6.45) is 5.19. The van der Waals surface area contributed by atoms with Gasteiger partial charge in [0.1, 0.15) is 0 Å². The Bertz CT molecular complexity index is 223. The first-order chi connectivity index (χ1) is 6.09. The van der Waals surface area contributed by atoms with Crippen LogP contribution in [-0.4, -0.2) is 28.8 Å². The molecule has 6 heteroatoms. The third-order valence-corrected chi connectivity index (χ3v) is 2.42. The van der Waals surface area contributed by atoms with Crippen molar-refractivity contribution in [2.45, 2.75) is 18.3 Å². The third-order valence-electron chi connectivity index (χ3n) is 1.98. The second-order valence-electron chi connectivity index (χ2n) is 3.09. The van der Waals surface area contributed by atoms with Crippen molar-refractivity contribution in [1.29, 1.82) is 0 Å². The maximum Gasteiger partial charge on any atom is 0.191 e. The van der Waals surface area contributed by atoms with Gasteiger partial charge in [0.05, 0.1) is 14.0 Å². The molecule has 2 radical (unpaired) electrons. The first-order valence-electron chi connectivity index (χ1n) is 4.07. The molecule has 0 aliphatic heterocycles. The minimum absolute atomic E-state index is 0. The molecule has 3 unspecified atom stereocenters. The predicted molar refractivity (Wildman–Crippen MR) is 53.3 cm³/mol. The van der Waals surface area contributed by atoms with Crippen molar-refractivity contribution < 1.29 is 46.0 Å². The summed E-state index contributed by atoms with van der Waals surface area (Å²) in [6, 6.07) is 0. The van der Waals surface area contributed by atoms with E-state index >= 15 is 0 Å². The normalized spacial score (nSPS) is 32.1. The molecule has 1 rings (SSSR count). The second-order valence-corrected chi connectivity index (χ2v) is 4.03. The zero-order valence-electron chi connectivity index (χ0n) is 7.61. The van der Waals surface area contributed by atoms with Gasteiger partial charge in [0.2, 0.25) is 0 Å². The van der Waals surface area contributed by atoms with Crippen LogP contribution in [-0.2, 0) is 0 Å². The zero-order valence-corrected chi connectivity index (χ0v) is 12.7. The van der Waals surface area contributed by atoms with E-state index in [4.69, 9.17) is 17.6 Å². The van der Waals surface area contributed by atoms with Gasteiger partial charge in [-0.25, -0.2) is 0 Å². The van der Waals surface area contributed by atoms with Crippen LogP contribution in [0.15, 0.2) is 24.0 Å². The molecule has 0 spiro atoms. The van der Waals surface area contributed by atoms with Gasteiger partial charge in [0.15, 0.2) is 8.38 Å². The molecule has 0 saturated heterocycles. The fraction of sp³-hybridized carbons (Fsp3) is 0.500. The quantitative estimate of drug-likeness (QED) is 0.340. The molecule has 0 aromatic heterocycles. The van der Waals surface area contributed by atoms with E-state index in [1.165, 1.54) is 5.82 Å². The molecule has 3 N–H and O–H groups in total. The summed E-state index contributed by atoms with van der Waals surface area (Å²) in [5.41, 5.74) is 0. The fourth-order valence-electron chi connectivity index (χ4n) is 1.28.